The summed E-state index contributed by atoms with van der Waals surface area (Å²) in [5.74, 6) is 0.480. The molecule has 1 aromatic heterocycles. The summed E-state index contributed by atoms with van der Waals surface area (Å²) < 4.78 is 0. The second kappa shape index (κ2) is 11.4. The monoisotopic (exact) mass is 517 g/mol. The van der Waals surface area contributed by atoms with Crippen molar-refractivity contribution in [2.45, 2.75) is 41.5 Å². The van der Waals surface area contributed by atoms with Crippen LogP contribution >= 0.6 is 0 Å². The zero-order valence-corrected chi connectivity index (χ0v) is 23.4. The number of hydrogen-bond acceptors (Lipinski definition) is 3. The maximum Gasteiger partial charge on any atom is 0.255 e. The molecule has 4 heteroatoms. The van der Waals surface area contributed by atoms with Crippen LogP contribution < -0.4 is 5.56 Å². The fraction of sp³-hybridized carbons (Fsp3) is 0.171. The van der Waals surface area contributed by atoms with E-state index in [1.807, 2.05) is 57.2 Å². The Labute approximate surface area is 229 Å². The summed E-state index contributed by atoms with van der Waals surface area (Å²) in [6.07, 6.45) is 0. The van der Waals surface area contributed by atoms with Gasteiger partial charge < -0.3 is 15.2 Å². The van der Waals surface area contributed by atoms with Crippen LogP contribution in [0.5, 0.6) is 11.5 Å². The lowest BCUT2D eigenvalue weighted by Crippen LogP contribution is -2.09. The maximum atomic E-state index is 11.3. The van der Waals surface area contributed by atoms with Crippen LogP contribution in [0.2, 0.25) is 0 Å². The topological polar surface area (TPSA) is 73.3 Å². The van der Waals surface area contributed by atoms with Crippen molar-refractivity contribution in [1.82, 2.24) is 4.98 Å². The van der Waals surface area contributed by atoms with Gasteiger partial charge in [0.1, 0.15) is 11.5 Å². The average Bonchev–Trinajstić information content (AvgIpc) is 2.91. The molecule has 0 fully saturated rings. The molecule has 0 aliphatic rings. The Balaban J connectivity index is 0.000000136. The molecule has 0 bridgehead atoms. The lowest BCUT2D eigenvalue weighted by Gasteiger charge is -2.04. The van der Waals surface area contributed by atoms with E-state index in [2.05, 4.69) is 61.3 Å². The van der Waals surface area contributed by atoms with E-state index in [0.29, 0.717) is 22.2 Å². The third-order valence-electron chi connectivity index (χ3n) is 6.88. The van der Waals surface area contributed by atoms with Gasteiger partial charge in [0.2, 0.25) is 0 Å². The minimum atomic E-state index is -0.237. The Bertz CT molecular complexity index is 1820. The smallest absolute Gasteiger partial charge is 0.255 e. The number of H-pyrrole nitrogens is 1. The first-order valence-corrected chi connectivity index (χ1v) is 13.0. The molecule has 0 saturated carbocycles. The summed E-state index contributed by atoms with van der Waals surface area (Å²) in [6.45, 7) is 11.7. The van der Waals surface area contributed by atoms with Crippen molar-refractivity contribution in [2.75, 3.05) is 0 Å². The van der Waals surface area contributed by atoms with Crippen LogP contribution in [0.1, 0.15) is 33.4 Å². The number of fused-ring (bicyclic) bond motifs is 3. The number of nitrogens with one attached hydrogen (secondary N) is 1. The lowest BCUT2D eigenvalue weighted by atomic mass is 10.0. The SMILES string of the molecule is Cc1ccc2[nH]c(=O)c(C)c(O)c2c1.Cc1ccc2ccc(C)c(O)c2c1.Cc1ccc2ccc(C)cc2c1. The van der Waals surface area contributed by atoms with Crippen molar-refractivity contribution in [2.24, 2.45) is 0 Å². The average molecular weight is 518 g/mol. The minimum absolute atomic E-state index is 0.0763. The molecule has 5 aromatic carbocycles. The number of aromatic hydroxyl groups is 2. The number of aryl methyl sites for hydroxylation is 5. The summed E-state index contributed by atoms with van der Waals surface area (Å²) >= 11 is 0. The molecule has 6 rings (SSSR count). The normalized spacial score (nSPS) is 10.6. The fourth-order valence-electron chi connectivity index (χ4n) is 4.50. The van der Waals surface area contributed by atoms with Crippen molar-refractivity contribution < 1.29 is 10.2 Å². The van der Waals surface area contributed by atoms with Gasteiger partial charge in [0.05, 0.1) is 11.1 Å². The van der Waals surface area contributed by atoms with E-state index in [1.54, 1.807) is 13.0 Å². The van der Waals surface area contributed by atoms with Gasteiger partial charge in [-0.15, -0.1) is 0 Å². The van der Waals surface area contributed by atoms with E-state index in [4.69, 9.17) is 0 Å². The zero-order chi connectivity index (χ0) is 28.3. The van der Waals surface area contributed by atoms with E-state index in [1.165, 1.54) is 27.5 Å². The van der Waals surface area contributed by atoms with E-state index < -0.39 is 0 Å². The van der Waals surface area contributed by atoms with E-state index >= 15 is 0 Å². The molecule has 0 unspecified atom stereocenters. The number of rotatable bonds is 0. The van der Waals surface area contributed by atoms with Gasteiger partial charge in [-0.2, -0.15) is 0 Å². The van der Waals surface area contributed by atoms with Gasteiger partial charge in [-0.1, -0.05) is 89.0 Å². The van der Waals surface area contributed by atoms with Crippen LogP contribution in [0.15, 0.2) is 89.7 Å². The molecule has 0 aliphatic heterocycles. The summed E-state index contributed by atoms with van der Waals surface area (Å²) in [4.78, 5) is 14.0. The molecule has 4 nitrogen and oxygen atoms in total. The first kappa shape index (κ1) is 27.5. The second-order valence-electron chi connectivity index (χ2n) is 10.3. The predicted octanol–water partition coefficient (Wildman–Crippen LogP) is 8.47. The lowest BCUT2D eigenvalue weighted by molar-refractivity contribution is 0.476. The molecular formula is C35H35NO3. The van der Waals surface area contributed by atoms with Gasteiger partial charge in [-0.3, -0.25) is 4.79 Å². The second-order valence-corrected chi connectivity index (χ2v) is 10.3. The summed E-state index contributed by atoms with van der Waals surface area (Å²) in [5.41, 5.74) is 6.61. The largest absolute Gasteiger partial charge is 0.507 e. The molecule has 0 atom stereocenters. The Kier molecular flexibility index (Phi) is 8.06. The Morgan fingerprint density at radius 3 is 1.62 bits per heavy atom. The van der Waals surface area contributed by atoms with Crippen LogP contribution in [-0.4, -0.2) is 15.2 Å². The minimum Gasteiger partial charge on any atom is -0.507 e. The molecule has 1 heterocycles. The number of aromatic nitrogens is 1. The highest BCUT2D eigenvalue weighted by Crippen LogP contribution is 2.28. The molecular weight excluding hydrogens is 482 g/mol. The van der Waals surface area contributed by atoms with Crippen molar-refractivity contribution in [3.8, 4) is 11.5 Å². The maximum absolute atomic E-state index is 11.3. The van der Waals surface area contributed by atoms with Crippen LogP contribution in [0, 0.1) is 41.5 Å². The number of phenolic OH excluding ortho intramolecular Hbond substituents is 1. The van der Waals surface area contributed by atoms with Gasteiger partial charge in [0.15, 0.2) is 0 Å². The highest BCUT2D eigenvalue weighted by molar-refractivity contribution is 5.90. The summed E-state index contributed by atoms with van der Waals surface area (Å²) in [6, 6.07) is 28.7. The highest BCUT2D eigenvalue weighted by atomic mass is 16.3. The van der Waals surface area contributed by atoms with Gasteiger partial charge in [-0.25, -0.2) is 0 Å². The first-order valence-electron chi connectivity index (χ1n) is 13.0. The van der Waals surface area contributed by atoms with Crippen molar-refractivity contribution >= 4 is 32.4 Å². The predicted molar refractivity (Wildman–Crippen MR) is 164 cm³/mol. The number of aromatic amines is 1. The fourth-order valence-corrected chi connectivity index (χ4v) is 4.50. The van der Waals surface area contributed by atoms with Crippen molar-refractivity contribution in [3.63, 3.8) is 0 Å². The number of pyridine rings is 1. The molecule has 198 valence electrons. The Morgan fingerprint density at radius 2 is 1.00 bits per heavy atom. The molecule has 6 aromatic rings. The highest BCUT2D eigenvalue weighted by Gasteiger charge is 2.07. The van der Waals surface area contributed by atoms with Crippen molar-refractivity contribution in [1.29, 1.82) is 0 Å². The summed E-state index contributed by atoms with van der Waals surface area (Å²) in [7, 11) is 0. The van der Waals surface area contributed by atoms with Gasteiger partial charge in [0, 0.05) is 10.8 Å². The third-order valence-corrected chi connectivity index (χ3v) is 6.88. The van der Waals surface area contributed by atoms with Gasteiger partial charge >= 0.3 is 0 Å². The molecule has 3 N–H and O–H groups in total. The van der Waals surface area contributed by atoms with E-state index in [9.17, 15) is 15.0 Å². The standard InChI is InChI=1S/C12H12O.C12H12.C11H11NO2/c1-8-3-5-10-6-4-9(2)12(13)11(10)7-8;1-9-3-5-11-6-4-10(2)8-12(11)7-9;1-6-3-4-9-8(5-6)10(13)7(2)11(14)12-9/h3-7,13H,1-2H3;3-8H,1-2H3;3-5H,1-2H3,(H2,12,13,14). The molecule has 0 aliphatic carbocycles. The van der Waals surface area contributed by atoms with Crippen LogP contribution in [-0.2, 0) is 0 Å². The quantitative estimate of drug-likeness (QED) is 0.189. The Hall–Kier alpha value is -4.57. The molecule has 0 amide bonds. The first-order chi connectivity index (χ1) is 18.5. The van der Waals surface area contributed by atoms with Gasteiger partial charge in [0.25, 0.3) is 5.56 Å². The number of benzene rings is 5. The Morgan fingerprint density at radius 1 is 0.513 bits per heavy atom. The molecule has 0 spiro atoms. The van der Waals surface area contributed by atoms with E-state index in [0.717, 1.165) is 21.9 Å². The number of phenols is 1. The number of hydrogen-bond donors (Lipinski definition) is 3. The molecule has 0 saturated heterocycles. The van der Waals surface area contributed by atoms with Crippen LogP contribution in [0.3, 0.4) is 0 Å². The molecule has 0 radical (unpaired) electrons. The van der Waals surface area contributed by atoms with E-state index in [-0.39, 0.29) is 11.3 Å². The zero-order valence-electron chi connectivity index (χ0n) is 23.4. The third kappa shape index (κ3) is 6.29. The molecule has 39 heavy (non-hydrogen) atoms. The van der Waals surface area contributed by atoms with Crippen LogP contribution in [0.4, 0.5) is 0 Å². The van der Waals surface area contributed by atoms with Gasteiger partial charge in [-0.05, 0) is 81.5 Å². The summed E-state index contributed by atoms with van der Waals surface area (Å²) in [5, 5.41) is 24.9. The van der Waals surface area contributed by atoms with Crippen LogP contribution in [0.25, 0.3) is 32.4 Å². The van der Waals surface area contributed by atoms with Crippen molar-refractivity contribution in [3.05, 3.63) is 129 Å².